The van der Waals surface area contributed by atoms with Crippen LogP contribution in [0.15, 0.2) is 6.20 Å². The molecule has 1 aromatic heterocycles. The second kappa shape index (κ2) is 6.24. The first-order chi connectivity index (χ1) is 8.66. The quantitative estimate of drug-likeness (QED) is 0.845. The zero-order valence-corrected chi connectivity index (χ0v) is 10.5. The van der Waals surface area contributed by atoms with Crippen molar-refractivity contribution < 1.29 is 13.5 Å². The molecule has 0 bridgehead atoms. The van der Waals surface area contributed by atoms with Crippen LogP contribution in [-0.2, 0) is 17.8 Å². The molecule has 0 radical (unpaired) electrons. The summed E-state index contributed by atoms with van der Waals surface area (Å²) < 4.78 is 31.4. The molecule has 1 aliphatic heterocycles. The van der Waals surface area contributed by atoms with Gasteiger partial charge >= 0.3 is 0 Å². The van der Waals surface area contributed by atoms with Crippen molar-refractivity contribution in [2.75, 3.05) is 13.2 Å². The van der Waals surface area contributed by atoms with E-state index in [0.717, 1.165) is 37.3 Å². The molecule has 0 saturated carbocycles. The molecule has 2 heterocycles. The van der Waals surface area contributed by atoms with E-state index in [4.69, 9.17) is 4.74 Å². The van der Waals surface area contributed by atoms with Crippen LogP contribution in [-0.4, -0.2) is 35.5 Å². The Morgan fingerprint density at radius 2 is 2.44 bits per heavy atom. The van der Waals surface area contributed by atoms with Gasteiger partial charge < -0.3 is 10.1 Å². The first-order valence-corrected chi connectivity index (χ1v) is 6.28. The maximum atomic E-state index is 12.3. The average Bonchev–Trinajstić information content (AvgIpc) is 2.93. The summed E-state index contributed by atoms with van der Waals surface area (Å²) in [4.78, 5) is 0. The molecule has 0 amide bonds. The van der Waals surface area contributed by atoms with Crippen molar-refractivity contribution in [2.45, 2.75) is 45.4 Å². The zero-order chi connectivity index (χ0) is 13.0. The molecule has 0 aliphatic carbocycles. The highest BCUT2D eigenvalue weighted by Crippen LogP contribution is 2.12. The molecule has 102 valence electrons. The number of halogens is 2. The number of rotatable bonds is 6. The number of ether oxygens (including phenoxy) is 1. The standard InChI is InChI=1S/C12H19F2N3O/c1-9-10(6-16-17(9)8-12(13)14)5-15-7-11-3-2-4-18-11/h6,11-12,15H,2-5,7-8H2,1H3/t11-/m0/s1. The van der Waals surface area contributed by atoms with Crippen LogP contribution in [0.25, 0.3) is 0 Å². The Kier molecular flexibility index (Phi) is 4.66. The fourth-order valence-electron chi connectivity index (χ4n) is 2.15. The van der Waals surface area contributed by atoms with Crippen LogP contribution in [0.2, 0.25) is 0 Å². The molecule has 1 fully saturated rings. The van der Waals surface area contributed by atoms with E-state index in [1.807, 2.05) is 6.92 Å². The molecular weight excluding hydrogens is 240 g/mol. The number of alkyl halides is 2. The van der Waals surface area contributed by atoms with E-state index < -0.39 is 6.43 Å². The third kappa shape index (κ3) is 3.49. The molecule has 1 saturated heterocycles. The highest BCUT2D eigenvalue weighted by molar-refractivity contribution is 5.15. The summed E-state index contributed by atoms with van der Waals surface area (Å²) in [7, 11) is 0. The van der Waals surface area contributed by atoms with Gasteiger partial charge in [-0.3, -0.25) is 4.68 Å². The predicted octanol–water partition coefficient (Wildman–Crippen LogP) is 1.73. The summed E-state index contributed by atoms with van der Waals surface area (Å²) >= 11 is 0. The van der Waals surface area contributed by atoms with Crippen LogP contribution in [0.5, 0.6) is 0 Å². The minimum atomic E-state index is -2.36. The number of nitrogens with zero attached hydrogens (tertiary/aromatic N) is 2. The minimum Gasteiger partial charge on any atom is -0.377 e. The second-order valence-corrected chi connectivity index (χ2v) is 4.59. The van der Waals surface area contributed by atoms with Crippen molar-refractivity contribution in [3.8, 4) is 0 Å². The third-order valence-corrected chi connectivity index (χ3v) is 3.23. The highest BCUT2D eigenvalue weighted by Gasteiger charge is 2.15. The first-order valence-electron chi connectivity index (χ1n) is 6.28. The normalized spacial score (nSPS) is 19.9. The van der Waals surface area contributed by atoms with Gasteiger partial charge in [0.1, 0.15) is 6.54 Å². The SMILES string of the molecule is Cc1c(CNC[C@@H]2CCCO2)cnn1CC(F)F. The molecule has 0 unspecified atom stereocenters. The monoisotopic (exact) mass is 259 g/mol. The Morgan fingerprint density at radius 1 is 1.61 bits per heavy atom. The van der Waals surface area contributed by atoms with E-state index in [0.29, 0.717) is 12.6 Å². The molecule has 0 aromatic carbocycles. The van der Waals surface area contributed by atoms with Crippen LogP contribution < -0.4 is 5.32 Å². The molecule has 2 rings (SSSR count). The molecule has 0 spiro atoms. The van der Waals surface area contributed by atoms with E-state index >= 15 is 0 Å². The number of hydrogen-bond acceptors (Lipinski definition) is 3. The van der Waals surface area contributed by atoms with E-state index in [1.165, 1.54) is 4.68 Å². The van der Waals surface area contributed by atoms with Crippen LogP contribution in [0, 0.1) is 6.92 Å². The van der Waals surface area contributed by atoms with E-state index in [1.54, 1.807) is 6.20 Å². The Morgan fingerprint density at radius 3 is 3.11 bits per heavy atom. The van der Waals surface area contributed by atoms with Crippen molar-refractivity contribution in [3.05, 3.63) is 17.5 Å². The topological polar surface area (TPSA) is 39.1 Å². The Balaban J connectivity index is 1.80. The molecule has 1 aromatic rings. The van der Waals surface area contributed by atoms with Crippen molar-refractivity contribution in [2.24, 2.45) is 0 Å². The number of aromatic nitrogens is 2. The summed E-state index contributed by atoms with van der Waals surface area (Å²) in [6.07, 6.45) is 1.80. The first kappa shape index (κ1) is 13.4. The summed E-state index contributed by atoms with van der Waals surface area (Å²) in [5.41, 5.74) is 1.77. The van der Waals surface area contributed by atoms with Crippen LogP contribution in [0.3, 0.4) is 0 Å². The predicted molar refractivity (Wildman–Crippen MR) is 63.6 cm³/mol. The molecule has 1 aliphatic rings. The lowest BCUT2D eigenvalue weighted by Crippen LogP contribution is -2.26. The van der Waals surface area contributed by atoms with Gasteiger partial charge in [-0.2, -0.15) is 5.10 Å². The minimum absolute atomic E-state index is 0.293. The molecular formula is C12H19F2N3O. The average molecular weight is 259 g/mol. The van der Waals surface area contributed by atoms with Crippen LogP contribution >= 0.6 is 0 Å². The van der Waals surface area contributed by atoms with Crippen molar-refractivity contribution in [3.63, 3.8) is 0 Å². The van der Waals surface area contributed by atoms with Gasteiger partial charge in [-0.1, -0.05) is 0 Å². The lowest BCUT2D eigenvalue weighted by Gasteiger charge is -2.10. The molecule has 4 nitrogen and oxygen atoms in total. The largest absolute Gasteiger partial charge is 0.377 e. The fourth-order valence-corrected chi connectivity index (χ4v) is 2.15. The van der Waals surface area contributed by atoms with Crippen molar-refractivity contribution in [1.29, 1.82) is 0 Å². The van der Waals surface area contributed by atoms with E-state index in [2.05, 4.69) is 10.4 Å². The van der Waals surface area contributed by atoms with Crippen LogP contribution in [0.1, 0.15) is 24.1 Å². The van der Waals surface area contributed by atoms with E-state index in [9.17, 15) is 8.78 Å². The second-order valence-electron chi connectivity index (χ2n) is 4.59. The Hall–Kier alpha value is -1.01. The van der Waals surface area contributed by atoms with Gasteiger partial charge in [-0.25, -0.2) is 8.78 Å². The van der Waals surface area contributed by atoms with Crippen molar-refractivity contribution in [1.82, 2.24) is 15.1 Å². The molecule has 1 atom stereocenters. The van der Waals surface area contributed by atoms with Gasteiger partial charge in [-0.15, -0.1) is 0 Å². The van der Waals surface area contributed by atoms with Gasteiger partial charge in [0.2, 0.25) is 0 Å². The third-order valence-electron chi connectivity index (χ3n) is 3.23. The molecule has 18 heavy (non-hydrogen) atoms. The van der Waals surface area contributed by atoms with Gasteiger partial charge in [0.25, 0.3) is 6.43 Å². The highest BCUT2D eigenvalue weighted by atomic mass is 19.3. The summed E-state index contributed by atoms with van der Waals surface area (Å²) in [5.74, 6) is 0. The number of hydrogen-bond donors (Lipinski definition) is 1. The fraction of sp³-hybridized carbons (Fsp3) is 0.750. The van der Waals surface area contributed by atoms with Gasteiger partial charge in [0.05, 0.1) is 12.3 Å². The molecule has 6 heteroatoms. The summed E-state index contributed by atoms with van der Waals surface area (Å²) in [6.45, 7) is 3.78. The smallest absolute Gasteiger partial charge is 0.257 e. The molecule has 1 N–H and O–H groups in total. The number of nitrogens with one attached hydrogen (secondary N) is 1. The van der Waals surface area contributed by atoms with Gasteiger partial charge in [-0.05, 0) is 19.8 Å². The van der Waals surface area contributed by atoms with Gasteiger partial charge in [0.15, 0.2) is 0 Å². The lowest BCUT2D eigenvalue weighted by molar-refractivity contribution is 0.110. The Bertz CT molecular complexity index is 375. The van der Waals surface area contributed by atoms with Gasteiger partial charge in [0, 0.05) is 31.0 Å². The zero-order valence-electron chi connectivity index (χ0n) is 10.5. The summed E-state index contributed by atoms with van der Waals surface area (Å²) in [5, 5.41) is 7.26. The Labute approximate surface area is 105 Å². The summed E-state index contributed by atoms with van der Waals surface area (Å²) in [6, 6.07) is 0. The van der Waals surface area contributed by atoms with Crippen LogP contribution in [0.4, 0.5) is 8.78 Å². The maximum absolute atomic E-state index is 12.3. The van der Waals surface area contributed by atoms with E-state index in [-0.39, 0.29) is 6.54 Å². The lowest BCUT2D eigenvalue weighted by atomic mass is 10.2. The van der Waals surface area contributed by atoms with Crippen molar-refractivity contribution >= 4 is 0 Å². The maximum Gasteiger partial charge on any atom is 0.257 e.